The molecule has 1 fully saturated rings. The Balaban J connectivity index is 1.91. The summed E-state index contributed by atoms with van der Waals surface area (Å²) in [5, 5.41) is 0. The fraction of sp³-hybridized carbons (Fsp3) is 0.467. The number of ether oxygens (including phenoxy) is 1. The maximum atomic E-state index is 12.3. The number of likely N-dealkylation sites (tertiary alicyclic amines) is 1. The minimum atomic E-state index is -0.510. The van der Waals surface area contributed by atoms with Crippen LogP contribution in [0.1, 0.15) is 30.1 Å². The van der Waals surface area contributed by atoms with Crippen LogP contribution in [0.2, 0.25) is 0 Å². The highest BCUT2D eigenvalue weighted by molar-refractivity contribution is 6.01. The fourth-order valence-electron chi connectivity index (χ4n) is 2.75. The molecule has 0 aliphatic carbocycles. The molecule has 2 heterocycles. The zero-order valence-electron chi connectivity index (χ0n) is 11.8. The highest BCUT2D eigenvalue weighted by atomic mass is 16.5. The molecule has 1 unspecified atom stereocenters. The Bertz CT molecular complexity index is 564. The number of amides is 2. The molecule has 20 heavy (non-hydrogen) atoms. The molecule has 2 amide bonds. The summed E-state index contributed by atoms with van der Waals surface area (Å²) in [6.45, 7) is 3.37. The van der Waals surface area contributed by atoms with Crippen LogP contribution >= 0.6 is 0 Å². The Kier molecular flexibility index (Phi) is 3.12. The molecule has 3 rings (SSSR count). The topological polar surface area (TPSA) is 49.9 Å². The molecule has 106 valence electrons. The van der Waals surface area contributed by atoms with Crippen LogP contribution in [-0.4, -0.2) is 43.0 Å². The SMILES string of the molecule is CC1Oc2cc(C(=O)N3CCCC3)ccc2N(C)C1=O. The second-order valence-corrected chi connectivity index (χ2v) is 5.34. The van der Waals surface area contributed by atoms with E-state index in [0.717, 1.165) is 25.9 Å². The van der Waals surface area contributed by atoms with Crippen molar-refractivity contribution in [3.63, 3.8) is 0 Å². The van der Waals surface area contributed by atoms with E-state index in [1.807, 2.05) is 4.90 Å². The predicted octanol–water partition coefficient (Wildman–Crippen LogP) is 1.67. The Morgan fingerprint density at radius 3 is 2.70 bits per heavy atom. The number of nitrogens with zero attached hydrogens (tertiary/aromatic N) is 2. The summed E-state index contributed by atoms with van der Waals surface area (Å²) < 4.78 is 5.61. The highest BCUT2D eigenvalue weighted by Crippen LogP contribution is 2.34. The normalized spacial score (nSPS) is 21.7. The zero-order chi connectivity index (χ0) is 14.3. The molecule has 0 aromatic heterocycles. The molecule has 5 nitrogen and oxygen atoms in total. The molecule has 1 saturated heterocycles. The van der Waals surface area contributed by atoms with E-state index in [1.54, 1.807) is 37.1 Å². The maximum Gasteiger partial charge on any atom is 0.267 e. The van der Waals surface area contributed by atoms with Gasteiger partial charge in [-0.25, -0.2) is 0 Å². The van der Waals surface area contributed by atoms with E-state index in [-0.39, 0.29) is 11.8 Å². The number of likely N-dealkylation sites (N-methyl/N-ethyl adjacent to an activating group) is 1. The average molecular weight is 274 g/mol. The number of hydrogen-bond acceptors (Lipinski definition) is 3. The van der Waals surface area contributed by atoms with E-state index in [2.05, 4.69) is 0 Å². The molecular weight excluding hydrogens is 256 g/mol. The number of hydrogen-bond donors (Lipinski definition) is 0. The Labute approximate surface area is 118 Å². The Hall–Kier alpha value is -2.04. The minimum absolute atomic E-state index is 0.0427. The van der Waals surface area contributed by atoms with Gasteiger partial charge < -0.3 is 14.5 Å². The molecule has 1 atom stereocenters. The first-order chi connectivity index (χ1) is 9.58. The van der Waals surface area contributed by atoms with Crippen LogP contribution in [0.25, 0.3) is 0 Å². The van der Waals surface area contributed by atoms with E-state index in [4.69, 9.17) is 4.74 Å². The third-order valence-corrected chi connectivity index (χ3v) is 3.94. The lowest BCUT2D eigenvalue weighted by molar-refractivity contribution is -0.125. The molecular formula is C15H18N2O3. The van der Waals surface area contributed by atoms with Gasteiger partial charge in [-0.05, 0) is 38.0 Å². The van der Waals surface area contributed by atoms with Gasteiger partial charge >= 0.3 is 0 Å². The molecule has 0 radical (unpaired) electrons. The molecule has 0 spiro atoms. The van der Waals surface area contributed by atoms with Gasteiger partial charge in [0, 0.05) is 25.7 Å². The summed E-state index contributed by atoms with van der Waals surface area (Å²) >= 11 is 0. The molecule has 2 aliphatic heterocycles. The summed E-state index contributed by atoms with van der Waals surface area (Å²) in [6, 6.07) is 5.29. The molecule has 1 aromatic rings. The minimum Gasteiger partial charge on any atom is -0.479 e. The largest absolute Gasteiger partial charge is 0.479 e. The van der Waals surface area contributed by atoms with Gasteiger partial charge in [-0.3, -0.25) is 9.59 Å². The average Bonchev–Trinajstić information content (AvgIpc) is 2.97. The number of rotatable bonds is 1. The summed E-state index contributed by atoms with van der Waals surface area (Å²) in [5.41, 5.74) is 1.34. The van der Waals surface area contributed by atoms with E-state index in [0.29, 0.717) is 17.0 Å². The first-order valence-electron chi connectivity index (χ1n) is 6.95. The lowest BCUT2D eigenvalue weighted by Gasteiger charge is -2.30. The van der Waals surface area contributed by atoms with Gasteiger partial charge in [0.05, 0.1) is 5.69 Å². The second kappa shape index (κ2) is 4.81. The molecule has 1 aromatic carbocycles. The summed E-state index contributed by atoms with van der Waals surface area (Å²) in [6.07, 6.45) is 1.63. The van der Waals surface area contributed by atoms with Crippen LogP contribution in [0.15, 0.2) is 18.2 Å². The van der Waals surface area contributed by atoms with Crippen LogP contribution in [0.4, 0.5) is 5.69 Å². The third kappa shape index (κ3) is 2.03. The second-order valence-electron chi connectivity index (χ2n) is 5.34. The fourth-order valence-corrected chi connectivity index (χ4v) is 2.75. The van der Waals surface area contributed by atoms with Gasteiger partial charge in [-0.2, -0.15) is 0 Å². The highest BCUT2D eigenvalue weighted by Gasteiger charge is 2.30. The molecule has 2 aliphatic rings. The van der Waals surface area contributed by atoms with Crippen molar-refractivity contribution in [1.82, 2.24) is 4.90 Å². The van der Waals surface area contributed by atoms with E-state index < -0.39 is 6.10 Å². The van der Waals surface area contributed by atoms with E-state index in [1.165, 1.54) is 0 Å². The summed E-state index contributed by atoms with van der Waals surface area (Å²) in [7, 11) is 1.72. The predicted molar refractivity (Wildman–Crippen MR) is 75.1 cm³/mol. The Morgan fingerprint density at radius 1 is 1.30 bits per heavy atom. The number of fused-ring (bicyclic) bond motifs is 1. The van der Waals surface area contributed by atoms with Crippen LogP contribution in [-0.2, 0) is 4.79 Å². The van der Waals surface area contributed by atoms with Crippen LogP contribution in [0.5, 0.6) is 5.75 Å². The molecule has 0 saturated carbocycles. The van der Waals surface area contributed by atoms with Crippen molar-refractivity contribution in [2.75, 3.05) is 25.0 Å². The van der Waals surface area contributed by atoms with Crippen molar-refractivity contribution >= 4 is 17.5 Å². The quantitative estimate of drug-likeness (QED) is 0.782. The lowest BCUT2D eigenvalue weighted by atomic mass is 10.1. The van der Waals surface area contributed by atoms with E-state index >= 15 is 0 Å². The number of carbonyl (C=O) groups excluding carboxylic acids is 2. The number of anilines is 1. The third-order valence-electron chi connectivity index (χ3n) is 3.94. The van der Waals surface area contributed by atoms with Gasteiger partial charge in [0.1, 0.15) is 5.75 Å². The van der Waals surface area contributed by atoms with Crippen molar-refractivity contribution in [2.45, 2.75) is 25.9 Å². The van der Waals surface area contributed by atoms with Crippen LogP contribution in [0, 0.1) is 0 Å². The first-order valence-corrected chi connectivity index (χ1v) is 6.95. The van der Waals surface area contributed by atoms with Gasteiger partial charge in [-0.1, -0.05) is 0 Å². The molecule has 5 heteroatoms. The standard InChI is InChI=1S/C15H18N2O3/c1-10-14(18)16(2)12-6-5-11(9-13(12)20-10)15(19)17-7-3-4-8-17/h5-6,9-10H,3-4,7-8H2,1-2H3. The lowest BCUT2D eigenvalue weighted by Crippen LogP contribution is -2.42. The summed E-state index contributed by atoms with van der Waals surface area (Å²) in [5.74, 6) is 0.571. The van der Waals surface area contributed by atoms with Crippen molar-refractivity contribution in [3.8, 4) is 5.75 Å². The summed E-state index contributed by atoms with van der Waals surface area (Å²) in [4.78, 5) is 27.6. The van der Waals surface area contributed by atoms with Gasteiger partial charge in [0.15, 0.2) is 6.10 Å². The monoisotopic (exact) mass is 274 g/mol. The maximum absolute atomic E-state index is 12.3. The van der Waals surface area contributed by atoms with Crippen LogP contribution < -0.4 is 9.64 Å². The van der Waals surface area contributed by atoms with Crippen molar-refractivity contribution in [3.05, 3.63) is 23.8 Å². The van der Waals surface area contributed by atoms with Crippen molar-refractivity contribution in [1.29, 1.82) is 0 Å². The molecule has 0 N–H and O–H groups in total. The number of carbonyl (C=O) groups is 2. The first kappa shape index (κ1) is 13.0. The smallest absolute Gasteiger partial charge is 0.267 e. The van der Waals surface area contributed by atoms with Gasteiger partial charge in [0.25, 0.3) is 11.8 Å². The van der Waals surface area contributed by atoms with Crippen LogP contribution in [0.3, 0.4) is 0 Å². The molecule has 0 bridgehead atoms. The zero-order valence-corrected chi connectivity index (χ0v) is 11.8. The van der Waals surface area contributed by atoms with Crippen molar-refractivity contribution < 1.29 is 14.3 Å². The number of benzene rings is 1. The van der Waals surface area contributed by atoms with E-state index in [9.17, 15) is 9.59 Å². The van der Waals surface area contributed by atoms with Gasteiger partial charge in [0.2, 0.25) is 0 Å². The van der Waals surface area contributed by atoms with Crippen molar-refractivity contribution in [2.24, 2.45) is 0 Å². The Morgan fingerprint density at radius 2 is 2.00 bits per heavy atom. The van der Waals surface area contributed by atoms with Gasteiger partial charge in [-0.15, -0.1) is 0 Å².